The van der Waals surface area contributed by atoms with Crippen molar-refractivity contribution in [3.05, 3.63) is 87.5 Å². The number of carboxylic acids is 1. The molecule has 2 N–H and O–H groups in total. The smallest absolute Gasteiger partial charge is 0.325 e. The standard InChI is InChI=1S/C30H27Cl2N9O4/c1-17-4-2-3-5-25(22-10-18(8-9-33-22)29-23(36-30(17)45)13-35-41(29)15-28(43)44)39-16-34-21(12-27(39)42)20-11-19(31)6-7-24(20)40-14-26(32)37-38-40/h6-14,16-17,25H,2-5,15H2,1H3,(H,36,45)(H,43,44)/t17-,25+/m1/s1. The van der Waals surface area contributed by atoms with Crippen molar-refractivity contribution in [3.8, 4) is 28.2 Å². The number of carbonyl (C=O) groups is 2. The predicted molar refractivity (Wildman–Crippen MR) is 166 cm³/mol. The maximum absolute atomic E-state index is 13.8. The van der Waals surface area contributed by atoms with Gasteiger partial charge < -0.3 is 10.4 Å². The van der Waals surface area contributed by atoms with Gasteiger partial charge in [0.1, 0.15) is 6.54 Å². The van der Waals surface area contributed by atoms with E-state index in [1.165, 1.54) is 32.5 Å². The highest BCUT2D eigenvalue weighted by atomic mass is 35.5. The molecule has 2 atom stereocenters. The van der Waals surface area contributed by atoms with Crippen molar-refractivity contribution in [2.45, 2.75) is 45.2 Å². The van der Waals surface area contributed by atoms with Crippen molar-refractivity contribution >= 4 is 40.8 Å². The third-order valence-electron chi connectivity index (χ3n) is 7.71. The van der Waals surface area contributed by atoms with Gasteiger partial charge in [0.15, 0.2) is 5.15 Å². The summed E-state index contributed by atoms with van der Waals surface area (Å²) in [4.78, 5) is 47.7. The van der Waals surface area contributed by atoms with Crippen molar-refractivity contribution in [2.24, 2.45) is 5.92 Å². The number of hydrogen-bond donors (Lipinski definition) is 2. The number of anilines is 1. The molecule has 2 bridgehead atoms. The Bertz CT molecular complexity index is 1970. The van der Waals surface area contributed by atoms with Gasteiger partial charge >= 0.3 is 5.97 Å². The topological polar surface area (TPSA) is 163 Å². The second-order valence-electron chi connectivity index (χ2n) is 10.8. The lowest BCUT2D eigenvalue weighted by molar-refractivity contribution is -0.137. The van der Waals surface area contributed by atoms with Crippen LogP contribution in [0, 0.1) is 5.92 Å². The number of carboxylic acid groups (broad SMARTS) is 1. The molecule has 0 fully saturated rings. The molecule has 6 rings (SSSR count). The van der Waals surface area contributed by atoms with E-state index in [2.05, 4.69) is 30.7 Å². The van der Waals surface area contributed by atoms with E-state index in [-0.39, 0.29) is 22.5 Å². The molecule has 5 heterocycles. The molecule has 1 amide bonds. The number of benzene rings is 1. The maximum Gasteiger partial charge on any atom is 0.325 e. The van der Waals surface area contributed by atoms with Crippen LogP contribution in [0.5, 0.6) is 0 Å². The second-order valence-corrected chi connectivity index (χ2v) is 11.6. The van der Waals surface area contributed by atoms with Crippen LogP contribution in [0.3, 0.4) is 0 Å². The molecule has 15 heteroatoms. The molecule has 1 aliphatic rings. The zero-order chi connectivity index (χ0) is 31.7. The van der Waals surface area contributed by atoms with E-state index in [1.54, 1.807) is 42.7 Å². The first-order chi connectivity index (χ1) is 21.7. The van der Waals surface area contributed by atoms with Gasteiger partial charge in [0.2, 0.25) is 5.91 Å². The van der Waals surface area contributed by atoms with Crippen molar-refractivity contribution in [3.63, 3.8) is 0 Å². The lowest BCUT2D eigenvalue weighted by Gasteiger charge is -2.20. The number of aliphatic carboxylic acids is 1. The third kappa shape index (κ3) is 6.35. The minimum absolute atomic E-state index is 0.180. The van der Waals surface area contributed by atoms with Crippen molar-refractivity contribution in [2.75, 3.05) is 5.32 Å². The van der Waals surface area contributed by atoms with Crippen LogP contribution in [0.15, 0.2) is 66.1 Å². The van der Waals surface area contributed by atoms with E-state index in [4.69, 9.17) is 23.2 Å². The highest BCUT2D eigenvalue weighted by molar-refractivity contribution is 6.31. The number of nitrogens with one attached hydrogen (secondary N) is 1. The van der Waals surface area contributed by atoms with Crippen LogP contribution in [-0.4, -0.2) is 56.3 Å². The fraction of sp³-hybridized carbons (Fsp3) is 0.267. The molecule has 13 nitrogen and oxygen atoms in total. The van der Waals surface area contributed by atoms with E-state index < -0.39 is 18.6 Å². The van der Waals surface area contributed by atoms with Crippen molar-refractivity contribution in [1.82, 2.24) is 39.3 Å². The second kappa shape index (κ2) is 12.6. The molecule has 4 aromatic heterocycles. The Kier molecular flexibility index (Phi) is 8.46. The number of fused-ring (bicyclic) bond motifs is 4. The zero-order valence-electron chi connectivity index (χ0n) is 24.0. The Balaban J connectivity index is 1.43. The molecule has 5 aromatic rings. The molecule has 0 radical (unpaired) electrons. The minimum Gasteiger partial charge on any atom is -0.480 e. The highest BCUT2D eigenvalue weighted by Gasteiger charge is 2.24. The summed E-state index contributed by atoms with van der Waals surface area (Å²) in [5.74, 6) is -1.56. The summed E-state index contributed by atoms with van der Waals surface area (Å²) in [7, 11) is 0. The van der Waals surface area contributed by atoms with Crippen LogP contribution >= 0.6 is 23.2 Å². The summed E-state index contributed by atoms with van der Waals surface area (Å²) in [6, 6.07) is 9.58. The molecule has 45 heavy (non-hydrogen) atoms. The van der Waals surface area contributed by atoms with Gasteiger partial charge in [-0.3, -0.25) is 28.6 Å². The molecular formula is C30H27Cl2N9O4. The molecule has 1 aliphatic heterocycles. The number of aromatic nitrogens is 8. The fourth-order valence-electron chi connectivity index (χ4n) is 5.48. The minimum atomic E-state index is -1.08. The number of carbonyl (C=O) groups excluding carboxylic acids is 1. The molecule has 230 valence electrons. The van der Waals surface area contributed by atoms with Crippen LogP contribution < -0.4 is 10.9 Å². The van der Waals surface area contributed by atoms with Crippen molar-refractivity contribution < 1.29 is 14.7 Å². The number of halogens is 2. The lowest BCUT2D eigenvalue weighted by Crippen LogP contribution is -2.26. The Morgan fingerprint density at radius 3 is 2.67 bits per heavy atom. The van der Waals surface area contributed by atoms with Gasteiger partial charge in [-0.2, -0.15) is 5.10 Å². The summed E-state index contributed by atoms with van der Waals surface area (Å²) in [6.45, 7) is 1.44. The number of pyridine rings is 1. The first-order valence-electron chi connectivity index (χ1n) is 14.2. The Hall–Kier alpha value is -4.88. The van der Waals surface area contributed by atoms with Crippen LogP contribution in [0.2, 0.25) is 10.2 Å². The van der Waals surface area contributed by atoms with E-state index >= 15 is 0 Å². The van der Waals surface area contributed by atoms with Gasteiger partial charge in [-0.1, -0.05) is 48.2 Å². The van der Waals surface area contributed by atoms with Crippen LogP contribution in [0.4, 0.5) is 5.69 Å². The first-order valence-corrected chi connectivity index (χ1v) is 14.9. The quantitative estimate of drug-likeness (QED) is 0.271. The van der Waals surface area contributed by atoms with Crippen molar-refractivity contribution in [1.29, 1.82) is 0 Å². The summed E-state index contributed by atoms with van der Waals surface area (Å²) in [6.07, 6.45) is 8.70. The Labute approximate surface area is 266 Å². The number of hydrogen-bond acceptors (Lipinski definition) is 8. The average Bonchev–Trinajstić information content (AvgIpc) is 3.62. The van der Waals surface area contributed by atoms with E-state index in [1.807, 2.05) is 6.92 Å². The van der Waals surface area contributed by atoms with Gasteiger partial charge in [-0.05, 0) is 43.2 Å². The maximum atomic E-state index is 13.8. The summed E-state index contributed by atoms with van der Waals surface area (Å²) in [5, 5.41) is 25.2. The largest absolute Gasteiger partial charge is 0.480 e. The first kappa shape index (κ1) is 30.2. The molecule has 0 spiro atoms. The predicted octanol–water partition coefficient (Wildman–Crippen LogP) is 4.88. The summed E-state index contributed by atoms with van der Waals surface area (Å²) in [5.41, 5.74) is 3.23. The number of amides is 1. The van der Waals surface area contributed by atoms with Gasteiger partial charge in [0.25, 0.3) is 5.56 Å². The summed E-state index contributed by atoms with van der Waals surface area (Å²) < 4.78 is 4.34. The summed E-state index contributed by atoms with van der Waals surface area (Å²) >= 11 is 12.3. The van der Waals surface area contributed by atoms with Crippen LogP contribution in [0.1, 0.15) is 44.3 Å². The molecule has 0 saturated heterocycles. The van der Waals surface area contributed by atoms with Gasteiger partial charge in [-0.15, -0.1) is 5.10 Å². The van der Waals surface area contributed by atoms with E-state index in [0.29, 0.717) is 63.9 Å². The van der Waals surface area contributed by atoms with Gasteiger partial charge in [-0.25, -0.2) is 9.67 Å². The van der Waals surface area contributed by atoms with Gasteiger partial charge in [0.05, 0.1) is 53.2 Å². The fourth-order valence-corrected chi connectivity index (χ4v) is 5.78. The SMILES string of the molecule is C[C@@H]1CCCC[C@H](n2cnc(-c3cc(Cl)ccc3-n3cc(Cl)nn3)cc2=O)c2cc(ccn2)-c2c(cnn2CC(=O)O)NC1=O. The molecule has 0 saturated carbocycles. The zero-order valence-corrected chi connectivity index (χ0v) is 25.5. The highest BCUT2D eigenvalue weighted by Crippen LogP contribution is 2.33. The third-order valence-corrected chi connectivity index (χ3v) is 8.12. The number of rotatable bonds is 5. The molecular weight excluding hydrogens is 621 g/mol. The normalized spacial score (nSPS) is 17.0. The van der Waals surface area contributed by atoms with Gasteiger partial charge in [0, 0.05) is 34.3 Å². The van der Waals surface area contributed by atoms with E-state index in [0.717, 1.165) is 6.42 Å². The average molecular weight is 649 g/mol. The van der Waals surface area contributed by atoms with E-state index in [9.17, 15) is 19.5 Å². The monoisotopic (exact) mass is 647 g/mol. The van der Waals surface area contributed by atoms with Crippen LogP contribution in [0.25, 0.3) is 28.2 Å². The Morgan fingerprint density at radius 2 is 1.91 bits per heavy atom. The lowest BCUT2D eigenvalue weighted by atomic mass is 9.99. The number of nitrogens with zero attached hydrogens (tertiary/aromatic N) is 8. The molecule has 0 unspecified atom stereocenters. The molecule has 1 aromatic carbocycles. The Morgan fingerprint density at radius 1 is 1.09 bits per heavy atom. The molecule has 0 aliphatic carbocycles. The van der Waals surface area contributed by atoms with Crippen LogP contribution in [-0.2, 0) is 16.1 Å².